The van der Waals surface area contributed by atoms with Crippen molar-refractivity contribution in [2.75, 3.05) is 18.9 Å². The van der Waals surface area contributed by atoms with E-state index in [1.165, 1.54) is 4.90 Å². The molecular formula is C25H26N2O6S. The normalized spacial score (nSPS) is 18.5. The van der Waals surface area contributed by atoms with Gasteiger partial charge in [-0.1, -0.05) is 60.7 Å². The van der Waals surface area contributed by atoms with E-state index in [-0.39, 0.29) is 31.1 Å². The fourth-order valence-corrected chi connectivity index (χ4v) is 5.78. The van der Waals surface area contributed by atoms with Gasteiger partial charge in [-0.05, 0) is 23.6 Å². The van der Waals surface area contributed by atoms with E-state index in [2.05, 4.69) is 5.32 Å². The largest absolute Gasteiger partial charge is 0.488 e. The zero-order valence-corrected chi connectivity index (χ0v) is 19.4. The number of nitrogens with one attached hydrogen (secondary N) is 1. The van der Waals surface area contributed by atoms with Crippen LogP contribution < -0.4 is 5.32 Å². The van der Waals surface area contributed by atoms with Crippen LogP contribution >= 0.6 is 0 Å². The third-order valence-electron chi connectivity index (χ3n) is 5.76. The lowest BCUT2D eigenvalue weighted by atomic mass is 10.0. The minimum atomic E-state index is -3.76. The molecule has 0 saturated carbocycles. The lowest BCUT2D eigenvalue weighted by Crippen LogP contribution is -2.56. The lowest BCUT2D eigenvalue weighted by Gasteiger charge is -2.33. The maximum atomic E-state index is 13.5. The monoisotopic (exact) mass is 482 g/mol. The van der Waals surface area contributed by atoms with Gasteiger partial charge >= 0.3 is 0 Å². The molecule has 8 nitrogen and oxygen atoms in total. The molecule has 2 amide bonds. The van der Waals surface area contributed by atoms with Crippen molar-refractivity contribution in [1.82, 2.24) is 10.2 Å². The molecule has 4 rings (SSSR count). The predicted molar refractivity (Wildman–Crippen MR) is 125 cm³/mol. The summed E-state index contributed by atoms with van der Waals surface area (Å²) in [6.45, 7) is 0.115. The van der Waals surface area contributed by atoms with E-state index < -0.39 is 39.5 Å². The van der Waals surface area contributed by atoms with Crippen LogP contribution in [-0.4, -0.2) is 61.9 Å². The topological polar surface area (TPSA) is 110 Å². The van der Waals surface area contributed by atoms with Crippen LogP contribution in [0.25, 0.3) is 0 Å². The number of nitrogens with zero attached hydrogens (tertiary/aromatic N) is 1. The third kappa shape index (κ3) is 5.72. The maximum Gasteiger partial charge on any atom is 0.247 e. The summed E-state index contributed by atoms with van der Waals surface area (Å²) in [6.07, 6.45) is 2.25. The van der Waals surface area contributed by atoms with Gasteiger partial charge in [0, 0.05) is 6.54 Å². The Bertz CT molecular complexity index is 1190. The SMILES string of the molecule is O=C(Cc1ccccc1)NC(CS(=O)(=O)Cc1ccccc1)C(=O)N1CCC=C2OCC(=O)C21. The van der Waals surface area contributed by atoms with Crippen molar-refractivity contribution < 1.29 is 27.5 Å². The van der Waals surface area contributed by atoms with Gasteiger partial charge in [0.15, 0.2) is 21.7 Å². The van der Waals surface area contributed by atoms with E-state index in [1.54, 1.807) is 60.7 Å². The smallest absolute Gasteiger partial charge is 0.247 e. The molecule has 2 unspecified atom stereocenters. The molecule has 2 aliphatic rings. The summed E-state index contributed by atoms with van der Waals surface area (Å²) in [7, 11) is -3.76. The van der Waals surface area contributed by atoms with Crippen molar-refractivity contribution in [2.45, 2.75) is 30.7 Å². The number of amides is 2. The van der Waals surface area contributed by atoms with Crippen LogP contribution in [0.4, 0.5) is 0 Å². The quantitative estimate of drug-likeness (QED) is 0.609. The molecule has 178 valence electrons. The number of carbonyl (C=O) groups excluding carboxylic acids is 3. The molecule has 34 heavy (non-hydrogen) atoms. The van der Waals surface area contributed by atoms with E-state index >= 15 is 0 Å². The molecule has 0 radical (unpaired) electrons. The first-order valence-electron chi connectivity index (χ1n) is 11.1. The first-order chi connectivity index (χ1) is 16.3. The Morgan fingerprint density at radius 3 is 2.35 bits per heavy atom. The number of rotatable bonds is 8. The molecular weight excluding hydrogens is 456 g/mol. The Labute approximate surface area is 198 Å². The van der Waals surface area contributed by atoms with Gasteiger partial charge in [0.2, 0.25) is 11.8 Å². The highest BCUT2D eigenvalue weighted by atomic mass is 32.2. The van der Waals surface area contributed by atoms with Crippen LogP contribution in [0.5, 0.6) is 0 Å². The fourth-order valence-electron chi connectivity index (χ4n) is 4.22. The van der Waals surface area contributed by atoms with E-state index in [0.29, 0.717) is 17.7 Å². The fraction of sp³-hybridized carbons (Fsp3) is 0.320. The van der Waals surface area contributed by atoms with Crippen molar-refractivity contribution in [1.29, 1.82) is 0 Å². The maximum absolute atomic E-state index is 13.5. The number of benzene rings is 2. The van der Waals surface area contributed by atoms with Crippen LogP contribution in [-0.2, 0) is 41.1 Å². The van der Waals surface area contributed by atoms with E-state index in [0.717, 1.165) is 5.56 Å². The zero-order valence-electron chi connectivity index (χ0n) is 18.6. The molecule has 0 aliphatic carbocycles. The Morgan fingerprint density at radius 1 is 1.03 bits per heavy atom. The molecule has 2 aromatic carbocycles. The molecule has 9 heteroatoms. The second-order valence-corrected chi connectivity index (χ2v) is 10.5. The van der Waals surface area contributed by atoms with Gasteiger partial charge in [-0.3, -0.25) is 14.4 Å². The van der Waals surface area contributed by atoms with Gasteiger partial charge in [0.1, 0.15) is 18.4 Å². The summed E-state index contributed by atoms with van der Waals surface area (Å²) < 4.78 is 31.4. The van der Waals surface area contributed by atoms with E-state index in [4.69, 9.17) is 4.74 Å². The molecule has 2 heterocycles. The molecule has 2 aliphatic heterocycles. The van der Waals surface area contributed by atoms with E-state index in [9.17, 15) is 22.8 Å². The molecule has 0 aromatic heterocycles. The number of fused-ring (bicyclic) bond motifs is 1. The minimum Gasteiger partial charge on any atom is -0.488 e. The van der Waals surface area contributed by atoms with Crippen LogP contribution in [0.3, 0.4) is 0 Å². The lowest BCUT2D eigenvalue weighted by molar-refractivity contribution is -0.140. The predicted octanol–water partition coefficient (Wildman–Crippen LogP) is 1.41. The number of carbonyl (C=O) groups is 3. The van der Waals surface area contributed by atoms with Gasteiger partial charge in [-0.15, -0.1) is 0 Å². The molecule has 0 bridgehead atoms. The summed E-state index contributed by atoms with van der Waals surface area (Å²) >= 11 is 0. The molecule has 2 aromatic rings. The van der Waals surface area contributed by atoms with Gasteiger partial charge in [-0.2, -0.15) is 0 Å². The number of hydrogen-bond acceptors (Lipinski definition) is 6. The summed E-state index contributed by atoms with van der Waals surface area (Å²) in [5.41, 5.74) is 1.33. The van der Waals surface area contributed by atoms with Crippen molar-refractivity contribution >= 4 is 27.4 Å². The van der Waals surface area contributed by atoms with Gasteiger partial charge < -0.3 is 15.0 Å². The molecule has 1 N–H and O–H groups in total. The van der Waals surface area contributed by atoms with Gasteiger partial charge in [-0.25, -0.2) is 8.42 Å². The average molecular weight is 483 g/mol. The Morgan fingerprint density at radius 2 is 1.68 bits per heavy atom. The third-order valence-corrected chi connectivity index (χ3v) is 7.37. The van der Waals surface area contributed by atoms with E-state index in [1.807, 2.05) is 6.07 Å². The number of hydrogen-bond donors (Lipinski definition) is 1. The van der Waals surface area contributed by atoms with Crippen molar-refractivity contribution in [2.24, 2.45) is 0 Å². The molecule has 1 fully saturated rings. The van der Waals surface area contributed by atoms with Crippen LogP contribution in [0, 0.1) is 0 Å². The standard InChI is InChI=1S/C25H26N2O6S/c28-21-15-33-22-12-7-13-27(24(21)22)25(30)20(26-23(29)14-18-8-3-1-4-9-18)17-34(31,32)16-19-10-5-2-6-11-19/h1-6,8-12,20,24H,7,13-17H2,(H,26,29). The van der Waals surface area contributed by atoms with Crippen LogP contribution in [0.2, 0.25) is 0 Å². The highest BCUT2D eigenvalue weighted by Gasteiger charge is 2.43. The Balaban J connectivity index is 1.55. The van der Waals surface area contributed by atoms with Crippen LogP contribution in [0.1, 0.15) is 17.5 Å². The average Bonchev–Trinajstić information content (AvgIpc) is 3.20. The van der Waals surface area contributed by atoms with Gasteiger partial charge in [0.05, 0.1) is 17.9 Å². The summed E-state index contributed by atoms with van der Waals surface area (Å²) in [5, 5.41) is 2.62. The number of ether oxygens (including phenoxy) is 1. The summed E-state index contributed by atoms with van der Waals surface area (Å²) in [6, 6.07) is 15.4. The zero-order chi connectivity index (χ0) is 24.1. The first-order valence-corrected chi connectivity index (χ1v) is 12.9. The highest BCUT2D eigenvalue weighted by Crippen LogP contribution is 2.26. The highest BCUT2D eigenvalue weighted by molar-refractivity contribution is 7.90. The van der Waals surface area contributed by atoms with Crippen LogP contribution in [0.15, 0.2) is 72.5 Å². The second-order valence-electron chi connectivity index (χ2n) is 8.41. The molecule has 2 atom stereocenters. The second kappa shape index (κ2) is 10.2. The Kier molecular flexibility index (Phi) is 7.12. The number of sulfone groups is 1. The van der Waals surface area contributed by atoms with Crippen molar-refractivity contribution in [3.63, 3.8) is 0 Å². The molecule has 1 saturated heterocycles. The first kappa shape index (κ1) is 23.7. The summed E-state index contributed by atoms with van der Waals surface area (Å²) in [5.74, 6) is -1.76. The summed E-state index contributed by atoms with van der Waals surface area (Å²) in [4.78, 5) is 40.0. The molecule has 0 spiro atoms. The number of Topliss-reactive ketones (excluding diaryl/α,β-unsaturated/α-hetero) is 1. The van der Waals surface area contributed by atoms with Crippen molar-refractivity contribution in [3.8, 4) is 0 Å². The number of ketones is 1. The minimum absolute atomic E-state index is 0.0000239. The van der Waals surface area contributed by atoms with Crippen molar-refractivity contribution in [3.05, 3.63) is 83.6 Å². The Hall–Kier alpha value is -3.46. The van der Waals surface area contributed by atoms with Gasteiger partial charge in [0.25, 0.3) is 0 Å².